The quantitative estimate of drug-likeness (QED) is 0.668. The van der Waals surface area contributed by atoms with Crippen molar-refractivity contribution in [2.24, 2.45) is 10.8 Å². The van der Waals surface area contributed by atoms with Crippen molar-refractivity contribution < 1.29 is 18.9 Å². The van der Waals surface area contributed by atoms with E-state index in [-0.39, 0.29) is 35.6 Å². The van der Waals surface area contributed by atoms with E-state index in [1.165, 1.54) is 0 Å². The molecule has 0 aromatic heterocycles. The topological polar surface area (TPSA) is 36.9 Å². The molecule has 0 unspecified atom stereocenters. The predicted octanol–water partition coefficient (Wildman–Crippen LogP) is 5.66. The molecule has 2 aromatic rings. The van der Waals surface area contributed by atoms with Crippen LogP contribution in [0.2, 0.25) is 0 Å². The van der Waals surface area contributed by atoms with E-state index in [2.05, 4.69) is 52.0 Å². The van der Waals surface area contributed by atoms with Crippen LogP contribution in [0.25, 0.3) is 0 Å². The molecule has 2 fully saturated rings. The van der Waals surface area contributed by atoms with Crippen LogP contribution in [0.15, 0.2) is 60.7 Å². The Balaban J connectivity index is 1.51. The van der Waals surface area contributed by atoms with Gasteiger partial charge < -0.3 is 18.9 Å². The molecule has 4 nitrogen and oxygen atoms in total. The van der Waals surface area contributed by atoms with Gasteiger partial charge in [0.25, 0.3) is 0 Å². The Morgan fingerprint density at radius 1 is 0.655 bits per heavy atom. The van der Waals surface area contributed by atoms with Crippen LogP contribution in [0.5, 0.6) is 0 Å². The Labute approximate surface area is 174 Å². The molecule has 0 radical (unpaired) electrons. The normalized spacial score (nSPS) is 31.3. The van der Waals surface area contributed by atoms with Crippen molar-refractivity contribution in [3.8, 4) is 0 Å². The maximum absolute atomic E-state index is 6.48. The van der Waals surface area contributed by atoms with Crippen molar-refractivity contribution in [1.29, 1.82) is 0 Å². The summed E-state index contributed by atoms with van der Waals surface area (Å²) in [5.74, 6) is 0. The SMILES string of the molecule is CC1(C)CO[C@@H](c2ccccc2)O[C@H]1C[C@@H]1O[C@H](c2ccccc2)OCC1(C)C. The van der Waals surface area contributed by atoms with Gasteiger partial charge in [0.15, 0.2) is 12.6 Å². The highest BCUT2D eigenvalue weighted by Gasteiger charge is 2.45. The molecule has 2 saturated heterocycles. The molecule has 0 bridgehead atoms. The van der Waals surface area contributed by atoms with Gasteiger partial charge in [-0.05, 0) is 0 Å². The van der Waals surface area contributed by atoms with Gasteiger partial charge in [-0.2, -0.15) is 0 Å². The summed E-state index contributed by atoms with van der Waals surface area (Å²) in [6, 6.07) is 20.3. The fourth-order valence-corrected chi connectivity index (χ4v) is 4.03. The van der Waals surface area contributed by atoms with E-state index < -0.39 is 0 Å². The molecule has 2 aromatic carbocycles. The van der Waals surface area contributed by atoms with Crippen molar-refractivity contribution in [3.63, 3.8) is 0 Å². The molecule has 0 amide bonds. The van der Waals surface area contributed by atoms with Crippen LogP contribution < -0.4 is 0 Å². The van der Waals surface area contributed by atoms with Crippen LogP contribution in [-0.2, 0) is 18.9 Å². The summed E-state index contributed by atoms with van der Waals surface area (Å²) >= 11 is 0. The Bertz CT molecular complexity index is 719. The van der Waals surface area contributed by atoms with Gasteiger partial charge in [0.2, 0.25) is 0 Å². The number of benzene rings is 2. The van der Waals surface area contributed by atoms with E-state index in [0.717, 1.165) is 17.5 Å². The van der Waals surface area contributed by atoms with Crippen LogP contribution in [-0.4, -0.2) is 25.4 Å². The molecule has 29 heavy (non-hydrogen) atoms. The molecule has 2 aliphatic heterocycles. The zero-order valence-electron chi connectivity index (χ0n) is 17.8. The molecule has 0 saturated carbocycles. The van der Waals surface area contributed by atoms with E-state index in [4.69, 9.17) is 18.9 Å². The van der Waals surface area contributed by atoms with Gasteiger partial charge in [0, 0.05) is 28.4 Å². The second kappa shape index (κ2) is 8.19. The first-order valence-electron chi connectivity index (χ1n) is 10.5. The van der Waals surface area contributed by atoms with E-state index in [1.54, 1.807) is 0 Å². The fraction of sp³-hybridized carbons (Fsp3) is 0.520. The van der Waals surface area contributed by atoms with Crippen molar-refractivity contribution in [2.45, 2.75) is 58.9 Å². The molecule has 2 heterocycles. The van der Waals surface area contributed by atoms with Gasteiger partial charge in [-0.25, -0.2) is 0 Å². The highest BCUT2D eigenvalue weighted by atomic mass is 16.7. The lowest BCUT2D eigenvalue weighted by Gasteiger charge is -2.48. The van der Waals surface area contributed by atoms with Gasteiger partial charge >= 0.3 is 0 Å². The molecular formula is C25H32O4. The molecule has 2 aliphatic rings. The van der Waals surface area contributed by atoms with E-state index >= 15 is 0 Å². The number of hydrogen-bond donors (Lipinski definition) is 0. The van der Waals surface area contributed by atoms with Crippen LogP contribution in [0.4, 0.5) is 0 Å². The van der Waals surface area contributed by atoms with Crippen molar-refractivity contribution in [3.05, 3.63) is 71.8 Å². The van der Waals surface area contributed by atoms with Gasteiger partial charge in [-0.3, -0.25) is 0 Å². The molecule has 156 valence electrons. The first-order valence-corrected chi connectivity index (χ1v) is 10.5. The summed E-state index contributed by atoms with van der Waals surface area (Å²) in [5.41, 5.74) is 1.93. The monoisotopic (exact) mass is 396 g/mol. The summed E-state index contributed by atoms with van der Waals surface area (Å²) < 4.78 is 25.1. The second-order valence-corrected chi connectivity index (χ2v) is 9.57. The third-order valence-corrected chi connectivity index (χ3v) is 6.10. The highest BCUT2D eigenvalue weighted by molar-refractivity contribution is 5.17. The average molecular weight is 397 g/mol. The molecule has 4 heteroatoms. The highest BCUT2D eigenvalue weighted by Crippen LogP contribution is 2.44. The lowest BCUT2D eigenvalue weighted by atomic mass is 9.77. The predicted molar refractivity (Wildman–Crippen MR) is 112 cm³/mol. The van der Waals surface area contributed by atoms with Gasteiger partial charge in [-0.15, -0.1) is 0 Å². The maximum Gasteiger partial charge on any atom is 0.184 e. The average Bonchev–Trinajstić information content (AvgIpc) is 2.72. The minimum Gasteiger partial charge on any atom is -0.348 e. The van der Waals surface area contributed by atoms with E-state index in [1.807, 2.05) is 36.4 Å². The molecule has 0 N–H and O–H groups in total. The Morgan fingerprint density at radius 2 is 1.03 bits per heavy atom. The summed E-state index contributed by atoms with van der Waals surface area (Å²) in [7, 11) is 0. The lowest BCUT2D eigenvalue weighted by molar-refractivity contribution is -0.300. The molecule has 0 spiro atoms. The van der Waals surface area contributed by atoms with E-state index in [0.29, 0.717) is 13.2 Å². The largest absolute Gasteiger partial charge is 0.348 e. The maximum atomic E-state index is 6.48. The lowest BCUT2D eigenvalue weighted by Crippen LogP contribution is -2.50. The summed E-state index contributed by atoms with van der Waals surface area (Å²) in [4.78, 5) is 0. The van der Waals surface area contributed by atoms with Gasteiger partial charge in [0.05, 0.1) is 25.4 Å². The van der Waals surface area contributed by atoms with Crippen molar-refractivity contribution in [1.82, 2.24) is 0 Å². The zero-order valence-corrected chi connectivity index (χ0v) is 17.8. The standard InChI is InChI=1S/C25H32O4/c1-24(2)16-26-22(18-11-7-5-8-12-18)28-20(24)15-21-25(3,4)17-27-23(29-21)19-13-9-6-10-14-19/h5-14,20-23H,15-17H2,1-4H3/t20-,21-,22+,23+/m0/s1. The first kappa shape index (κ1) is 20.5. The number of hydrogen-bond acceptors (Lipinski definition) is 4. The van der Waals surface area contributed by atoms with E-state index in [9.17, 15) is 0 Å². The van der Waals surface area contributed by atoms with Gasteiger partial charge in [-0.1, -0.05) is 88.4 Å². The fourth-order valence-electron chi connectivity index (χ4n) is 4.03. The summed E-state index contributed by atoms with van der Waals surface area (Å²) in [6.07, 6.45) is 0.198. The smallest absolute Gasteiger partial charge is 0.184 e. The zero-order chi connectivity index (χ0) is 20.5. The Hall–Kier alpha value is -1.72. The van der Waals surface area contributed by atoms with Crippen molar-refractivity contribution >= 4 is 0 Å². The van der Waals surface area contributed by atoms with Crippen LogP contribution >= 0.6 is 0 Å². The van der Waals surface area contributed by atoms with Crippen molar-refractivity contribution in [2.75, 3.05) is 13.2 Å². The molecule has 4 rings (SSSR count). The Kier molecular flexibility index (Phi) is 5.80. The van der Waals surface area contributed by atoms with Gasteiger partial charge in [0.1, 0.15) is 0 Å². The molecule has 0 aliphatic carbocycles. The third kappa shape index (κ3) is 4.56. The minimum absolute atomic E-state index is 0.0280. The van der Waals surface area contributed by atoms with Crippen LogP contribution in [0.1, 0.15) is 57.8 Å². The number of rotatable bonds is 4. The van der Waals surface area contributed by atoms with Crippen LogP contribution in [0.3, 0.4) is 0 Å². The minimum atomic E-state index is -0.331. The molecule has 4 atom stereocenters. The Morgan fingerprint density at radius 3 is 1.41 bits per heavy atom. The third-order valence-electron chi connectivity index (χ3n) is 6.10. The van der Waals surface area contributed by atoms with Crippen LogP contribution in [0, 0.1) is 10.8 Å². The summed E-state index contributed by atoms with van der Waals surface area (Å²) in [5, 5.41) is 0. The molecular weight excluding hydrogens is 364 g/mol. The second-order valence-electron chi connectivity index (χ2n) is 9.57. The number of ether oxygens (including phenoxy) is 4. The summed E-state index contributed by atoms with van der Waals surface area (Å²) in [6.45, 7) is 10.1. The first-order chi connectivity index (χ1) is 13.9.